The minimum absolute atomic E-state index is 0.0788. The van der Waals surface area contributed by atoms with Gasteiger partial charge in [-0.15, -0.1) is 0 Å². The van der Waals surface area contributed by atoms with Crippen LogP contribution in [0.15, 0.2) is 59.9 Å². The molecule has 4 heterocycles. The van der Waals surface area contributed by atoms with E-state index in [0.29, 0.717) is 36.8 Å². The summed E-state index contributed by atoms with van der Waals surface area (Å²) >= 11 is 0. The average Bonchev–Trinajstić information content (AvgIpc) is 2.84. The smallest absolute Gasteiger partial charge is 0.268 e. The van der Waals surface area contributed by atoms with Crippen molar-refractivity contribution < 1.29 is 14.3 Å². The number of aromatic nitrogens is 3. The minimum Gasteiger partial charge on any atom is -0.481 e. The molecule has 0 spiro atoms. The number of aryl methyl sites for hydroxylation is 1. The van der Waals surface area contributed by atoms with Crippen molar-refractivity contribution in [3.63, 3.8) is 0 Å². The summed E-state index contributed by atoms with van der Waals surface area (Å²) in [6.45, 7) is 3.29. The number of rotatable bonds is 6. The summed E-state index contributed by atoms with van der Waals surface area (Å²) < 4.78 is 12.5. The monoisotopic (exact) mass is 434 g/mol. The second kappa shape index (κ2) is 9.74. The molecular weight excluding hydrogens is 408 g/mol. The molecule has 0 radical (unpaired) electrons. The Hall–Kier alpha value is -3.52. The van der Waals surface area contributed by atoms with Gasteiger partial charge in [0.2, 0.25) is 5.88 Å². The molecule has 166 valence electrons. The first-order chi connectivity index (χ1) is 15.6. The Balaban J connectivity index is 1.52. The van der Waals surface area contributed by atoms with E-state index < -0.39 is 0 Å². The van der Waals surface area contributed by atoms with Crippen LogP contribution in [0.2, 0.25) is 0 Å². The van der Waals surface area contributed by atoms with Crippen molar-refractivity contribution in [1.29, 1.82) is 0 Å². The van der Waals surface area contributed by atoms with Gasteiger partial charge >= 0.3 is 0 Å². The zero-order valence-electron chi connectivity index (χ0n) is 18.2. The fourth-order valence-electron chi connectivity index (χ4n) is 3.84. The van der Waals surface area contributed by atoms with Crippen LogP contribution in [0.1, 0.15) is 34.3 Å². The Morgan fingerprint density at radius 1 is 1.22 bits per heavy atom. The first-order valence-electron chi connectivity index (χ1n) is 10.6. The second-order valence-corrected chi connectivity index (χ2v) is 7.80. The van der Waals surface area contributed by atoms with Gasteiger partial charge in [-0.05, 0) is 49.1 Å². The van der Waals surface area contributed by atoms with Crippen LogP contribution in [-0.4, -0.2) is 51.6 Å². The summed E-state index contributed by atoms with van der Waals surface area (Å²) in [4.78, 5) is 36.6. The van der Waals surface area contributed by atoms with Crippen LogP contribution in [0.5, 0.6) is 5.88 Å². The number of pyridine rings is 3. The first kappa shape index (κ1) is 21.7. The highest BCUT2D eigenvalue weighted by Gasteiger charge is 2.28. The van der Waals surface area contributed by atoms with Crippen LogP contribution in [0.4, 0.5) is 0 Å². The zero-order chi connectivity index (χ0) is 22.5. The summed E-state index contributed by atoms with van der Waals surface area (Å²) in [5.74, 6) is 0.189. The second-order valence-electron chi connectivity index (χ2n) is 7.80. The Morgan fingerprint density at radius 2 is 2.09 bits per heavy atom. The molecule has 8 nitrogen and oxygen atoms in total. The molecule has 8 heteroatoms. The summed E-state index contributed by atoms with van der Waals surface area (Å²) in [6, 6.07) is 9.02. The molecule has 32 heavy (non-hydrogen) atoms. The first-order valence-corrected chi connectivity index (χ1v) is 10.6. The van der Waals surface area contributed by atoms with Gasteiger partial charge in [-0.1, -0.05) is 6.07 Å². The van der Waals surface area contributed by atoms with E-state index in [9.17, 15) is 9.59 Å². The molecule has 1 atom stereocenters. The SMILES string of the molecule is COc1ccc(-n2ccc(C)c(C(=O)N3CCCC(OCc4cccnc4)C3)c2=O)cn1. The zero-order valence-corrected chi connectivity index (χ0v) is 18.2. The Bertz CT molecular complexity index is 1130. The van der Waals surface area contributed by atoms with E-state index in [1.807, 2.05) is 12.1 Å². The van der Waals surface area contributed by atoms with Gasteiger partial charge in [0, 0.05) is 37.7 Å². The van der Waals surface area contributed by atoms with E-state index in [1.54, 1.807) is 54.8 Å². The van der Waals surface area contributed by atoms with Gasteiger partial charge < -0.3 is 14.4 Å². The van der Waals surface area contributed by atoms with E-state index in [-0.39, 0.29) is 23.1 Å². The fourth-order valence-corrected chi connectivity index (χ4v) is 3.84. The third kappa shape index (κ3) is 4.70. The maximum Gasteiger partial charge on any atom is 0.268 e. The Labute approximate surface area is 186 Å². The number of likely N-dealkylation sites (tertiary alicyclic amines) is 1. The van der Waals surface area contributed by atoms with E-state index in [1.165, 1.54) is 11.7 Å². The molecule has 3 aromatic heterocycles. The Morgan fingerprint density at radius 3 is 2.81 bits per heavy atom. The van der Waals surface area contributed by atoms with E-state index in [2.05, 4.69) is 9.97 Å². The maximum absolute atomic E-state index is 13.4. The number of nitrogens with zero attached hydrogens (tertiary/aromatic N) is 4. The van der Waals surface area contributed by atoms with Gasteiger partial charge in [0.05, 0.1) is 31.7 Å². The van der Waals surface area contributed by atoms with Gasteiger partial charge in [-0.25, -0.2) is 4.98 Å². The van der Waals surface area contributed by atoms with Gasteiger partial charge in [-0.3, -0.25) is 19.1 Å². The highest BCUT2D eigenvalue weighted by atomic mass is 16.5. The number of methoxy groups -OCH3 is 1. The topological polar surface area (TPSA) is 86.5 Å². The molecule has 0 N–H and O–H groups in total. The molecule has 1 saturated heterocycles. The number of amides is 1. The van der Waals surface area contributed by atoms with Gasteiger partial charge in [0.15, 0.2) is 0 Å². The van der Waals surface area contributed by atoms with Crippen molar-refractivity contribution in [2.45, 2.75) is 32.5 Å². The highest BCUT2D eigenvalue weighted by molar-refractivity contribution is 5.95. The van der Waals surface area contributed by atoms with Crippen LogP contribution in [0.25, 0.3) is 5.69 Å². The molecule has 1 unspecified atom stereocenters. The molecular formula is C24H26N4O4. The summed E-state index contributed by atoms with van der Waals surface area (Å²) in [6.07, 6.45) is 8.33. The van der Waals surface area contributed by atoms with Crippen molar-refractivity contribution >= 4 is 5.91 Å². The van der Waals surface area contributed by atoms with Gasteiger partial charge in [-0.2, -0.15) is 0 Å². The molecule has 1 fully saturated rings. The van der Waals surface area contributed by atoms with Crippen LogP contribution < -0.4 is 10.3 Å². The van der Waals surface area contributed by atoms with E-state index in [4.69, 9.17) is 9.47 Å². The lowest BCUT2D eigenvalue weighted by molar-refractivity contribution is -0.00689. The average molecular weight is 434 g/mol. The summed E-state index contributed by atoms with van der Waals surface area (Å²) in [7, 11) is 1.53. The fraction of sp³-hybridized carbons (Fsp3) is 0.333. The Kier molecular flexibility index (Phi) is 6.61. The van der Waals surface area contributed by atoms with Gasteiger partial charge in [0.25, 0.3) is 11.5 Å². The number of hydrogen-bond donors (Lipinski definition) is 0. The van der Waals surface area contributed by atoms with Crippen molar-refractivity contribution in [3.8, 4) is 11.6 Å². The number of piperidine rings is 1. The summed E-state index contributed by atoms with van der Waals surface area (Å²) in [5.41, 5.74) is 2.03. The molecule has 0 saturated carbocycles. The van der Waals surface area contributed by atoms with E-state index in [0.717, 1.165) is 18.4 Å². The number of hydrogen-bond acceptors (Lipinski definition) is 6. The van der Waals surface area contributed by atoms with Gasteiger partial charge in [0.1, 0.15) is 5.56 Å². The molecule has 1 amide bonds. The normalized spacial score (nSPS) is 16.1. The molecule has 1 aliphatic heterocycles. The summed E-state index contributed by atoms with van der Waals surface area (Å²) in [5, 5.41) is 0. The van der Waals surface area contributed by atoms with Crippen molar-refractivity contribution in [2.75, 3.05) is 20.2 Å². The third-order valence-electron chi connectivity index (χ3n) is 5.60. The largest absolute Gasteiger partial charge is 0.481 e. The van der Waals surface area contributed by atoms with E-state index >= 15 is 0 Å². The lowest BCUT2D eigenvalue weighted by atomic mass is 10.0. The molecule has 4 rings (SSSR count). The van der Waals surface area contributed by atoms with Crippen LogP contribution in [0, 0.1) is 6.92 Å². The lowest BCUT2D eigenvalue weighted by Gasteiger charge is -2.33. The standard InChI is InChI=1S/C24H26N4O4/c1-17-9-12-28(19-7-8-21(31-2)26-14-19)24(30)22(17)23(29)27-11-4-6-20(15-27)32-16-18-5-3-10-25-13-18/h3,5,7-10,12-14,20H,4,6,11,15-16H2,1-2H3. The quantitative estimate of drug-likeness (QED) is 0.593. The predicted octanol–water partition coefficient (Wildman–Crippen LogP) is 2.77. The number of ether oxygens (including phenoxy) is 2. The molecule has 0 aliphatic carbocycles. The highest BCUT2D eigenvalue weighted by Crippen LogP contribution is 2.18. The van der Waals surface area contributed by atoms with Crippen molar-refractivity contribution in [3.05, 3.63) is 82.2 Å². The molecule has 3 aromatic rings. The predicted molar refractivity (Wildman–Crippen MR) is 119 cm³/mol. The molecule has 0 aromatic carbocycles. The minimum atomic E-state index is -0.361. The number of carbonyl (C=O) groups is 1. The molecule has 1 aliphatic rings. The van der Waals surface area contributed by atoms with Crippen LogP contribution in [0.3, 0.4) is 0 Å². The number of carbonyl (C=O) groups excluding carboxylic acids is 1. The van der Waals surface area contributed by atoms with Crippen molar-refractivity contribution in [2.24, 2.45) is 0 Å². The maximum atomic E-state index is 13.4. The van der Waals surface area contributed by atoms with Crippen molar-refractivity contribution in [1.82, 2.24) is 19.4 Å². The lowest BCUT2D eigenvalue weighted by Crippen LogP contribution is -2.45. The van der Waals surface area contributed by atoms with Crippen LogP contribution in [-0.2, 0) is 11.3 Å². The van der Waals surface area contributed by atoms with Crippen LogP contribution >= 0.6 is 0 Å². The third-order valence-corrected chi connectivity index (χ3v) is 5.60. The molecule has 0 bridgehead atoms.